The van der Waals surface area contributed by atoms with E-state index < -0.39 is 0 Å². The molecule has 106 valence electrons. The standard InChI is InChI=1S/C18H14N4/c1-12-16(13-7-3-2-4-8-13)17(14(11-19)18(20)22-12)15-9-5-6-10-21-15/h2-10H,1H3,(H2,20,22). The Balaban J connectivity index is 2.42. The fourth-order valence-corrected chi connectivity index (χ4v) is 2.56. The molecule has 0 spiro atoms. The van der Waals surface area contributed by atoms with E-state index >= 15 is 0 Å². The normalized spacial score (nSPS) is 10.2. The van der Waals surface area contributed by atoms with Crippen molar-refractivity contribution in [1.82, 2.24) is 9.97 Å². The molecule has 0 bridgehead atoms. The van der Waals surface area contributed by atoms with Crippen LogP contribution in [0.15, 0.2) is 54.7 Å². The molecule has 2 aromatic heterocycles. The molecule has 0 fully saturated rings. The van der Waals surface area contributed by atoms with Crippen molar-refractivity contribution in [3.63, 3.8) is 0 Å². The number of aryl methyl sites for hydroxylation is 1. The quantitative estimate of drug-likeness (QED) is 0.781. The van der Waals surface area contributed by atoms with Crippen LogP contribution in [-0.2, 0) is 0 Å². The number of aromatic nitrogens is 2. The van der Waals surface area contributed by atoms with Gasteiger partial charge in [-0.05, 0) is 24.6 Å². The maximum atomic E-state index is 9.53. The van der Waals surface area contributed by atoms with Crippen molar-refractivity contribution in [2.45, 2.75) is 6.92 Å². The third-order valence-electron chi connectivity index (χ3n) is 3.50. The molecule has 0 saturated carbocycles. The van der Waals surface area contributed by atoms with Crippen LogP contribution in [0, 0.1) is 18.3 Å². The number of nitrogen functional groups attached to an aromatic ring is 1. The van der Waals surface area contributed by atoms with E-state index in [9.17, 15) is 5.26 Å². The van der Waals surface area contributed by atoms with E-state index in [0.717, 1.165) is 28.1 Å². The van der Waals surface area contributed by atoms with Gasteiger partial charge in [0, 0.05) is 23.0 Å². The highest BCUT2D eigenvalue weighted by molar-refractivity contribution is 5.89. The van der Waals surface area contributed by atoms with Crippen molar-refractivity contribution in [3.8, 4) is 28.5 Å². The lowest BCUT2D eigenvalue weighted by Crippen LogP contribution is -2.03. The van der Waals surface area contributed by atoms with E-state index in [0.29, 0.717) is 5.56 Å². The molecule has 2 heterocycles. The maximum Gasteiger partial charge on any atom is 0.142 e. The maximum absolute atomic E-state index is 9.53. The minimum Gasteiger partial charge on any atom is -0.383 e. The van der Waals surface area contributed by atoms with Crippen molar-refractivity contribution in [1.29, 1.82) is 5.26 Å². The van der Waals surface area contributed by atoms with Gasteiger partial charge in [0.25, 0.3) is 0 Å². The molecule has 2 N–H and O–H groups in total. The molecule has 22 heavy (non-hydrogen) atoms. The van der Waals surface area contributed by atoms with Gasteiger partial charge in [0.15, 0.2) is 0 Å². The van der Waals surface area contributed by atoms with Crippen molar-refractivity contribution in [2.24, 2.45) is 0 Å². The monoisotopic (exact) mass is 286 g/mol. The lowest BCUT2D eigenvalue weighted by molar-refractivity contribution is 1.19. The number of hydrogen-bond donors (Lipinski definition) is 1. The lowest BCUT2D eigenvalue weighted by atomic mass is 9.92. The van der Waals surface area contributed by atoms with Crippen LogP contribution < -0.4 is 5.73 Å². The predicted molar refractivity (Wildman–Crippen MR) is 86.8 cm³/mol. The number of pyridine rings is 2. The Labute approximate surface area is 128 Å². The molecular weight excluding hydrogens is 272 g/mol. The molecule has 0 saturated heterocycles. The van der Waals surface area contributed by atoms with Gasteiger partial charge in [-0.1, -0.05) is 36.4 Å². The zero-order chi connectivity index (χ0) is 15.5. The van der Waals surface area contributed by atoms with Gasteiger partial charge in [0.05, 0.1) is 5.69 Å². The number of nitrogens with zero attached hydrogens (tertiary/aromatic N) is 3. The summed E-state index contributed by atoms with van der Waals surface area (Å²) in [5, 5.41) is 9.53. The van der Waals surface area contributed by atoms with Crippen molar-refractivity contribution < 1.29 is 0 Å². The van der Waals surface area contributed by atoms with Gasteiger partial charge in [-0.3, -0.25) is 4.98 Å². The molecule has 1 aromatic carbocycles. The van der Waals surface area contributed by atoms with E-state index in [1.54, 1.807) is 6.20 Å². The van der Waals surface area contributed by atoms with Gasteiger partial charge in [-0.25, -0.2) is 4.98 Å². The van der Waals surface area contributed by atoms with E-state index in [1.165, 1.54) is 0 Å². The van der Waals surface area contributed by atoms with Crippen LogP contribution in [0.25, 0.3) is 22.4 Å². The van der Waals surface area contributed by atoms with Crippen LogP contribution in [0.4, 0.5) is 5.82 Å². The SMILES string of the molecule is Cc1nc(N)c(C#N)c(-c2ccccn2)c1-c1ccccc1. The molecule has 0 radical (unpaired) electrons. The highest BCUT2D eigenvalue weighted by Gasteiger charge is 2.19. The molecule has 0 aliphatic heterocycles. The topological polar surface area (TPSA) is 75.6 Å². The van der Waals surface area contributed by atoms with Crippen molar-refractivity contribution in [3.05, 3.63) is 66.0 Å². The molecule has 0 aliphatic carbocycles. The fraction of sp³-hybridized carbons (Fsp3) is 0.0556. The second-order valence-corrected chi connectivity index (χ2v) is 4.90. The van der Waals surface area contributed by atoms with E-state index in [4.69, 9.17) is 5.73 Å². The summed E-state index contributed by atoms with van der Waals surface area (Å²) in [6.45, 7) is 1.90. The summed E-state index contributed by atoms with van der Waals surface area (Å²) >= 11 is 0. The number of nitriles is 1. The summed E-state index contributed by atoms with van der Waals surface area (Å²) in [6, 6.07) is 17.6. The first-order valence-electron chi connectivity index (χ1n) is 6.89. The smallest absolute Gasteiger partial charge is 0.142 e. The van der Waals surface area contributed by atoms with Crippen LogP contribution >= 0.6 is 0 Å². The predicted octanol–water partition coefficient (Wildman–Crippen LogP) is 3.57. The number of nitrogens with two attached hydrogens (primary N) is 1. The van der Waals surface area contributed by atoms with Crippen LogP contribution in [0.5, 0.6) is 0 Å². The Morgan fingerprint density at radius 1 is 1.00 bits per heavy atom. The Kier molecular flexibility index (Phi) is 3.55. The van der Waals surface area contributed by atoms with Gasteiger partial charge in [0.1, 0.15) is 17.5 Å². The van der Waals surface area contributed by atoms with Crippen molar-refractivity contribution in [2.75, 3.05) is 5.73 Å². The number of rotatable bonds is 2. The summed E-state index contributed by atoms with van der Waals surface area (Å²) in [5.41, 5.74) is 10.4. The zero-order valence-electron chi connectivity index (χ0n) is 12.1. The van der Waals surface area contributed by atoms with Crippen LogP contribution in [0.3, 0.4) is 0 Å². The average Bonchev–Trinajstić information content (AvgIpc) is 2.56. The third kappa shape index (κ3) is 2.29. The molecule has 0 atom stereocenters. The lowest BCUT2D eigenvalue weighted by Gasteiger charge is -2.15. The summed E-state index contributed by atoms with van der Waals surface area (Å²) in [4.78, 5) is 8.73. The van der Waals surface area contributed by atoms with Crippen LogP contribution in [0.1, 0.15) is 11.3 Å². The second kappa shape index (κ2) is 5.66. The number of hydrogen-bond acceptors (Lipinski definition) is 4. The first-order chi connectivity index (χ1) is 10.7. The number of benzene rings is 1. The Morgan fingerprint density at radius 2 is 1.73 bits per heavy atom. The van der Waals surface area contributed by atoms with Crippen LogP contribution in [0.2, 0.25) is 0 Å². The summed E-state index contributed by atoms with van der Waals surface area (Å²) < 4.78 is 0. The first-order valence-corrected chi connectivity index (χ1v) is 6.89. The van der Waals surface area contributed by atoms with Gasteiger partial charge < -0.3 is 5.73 Å². The Bertz CT molecular complexity index is 850. The minimum atomic E-state index is 0.236. The molecule has 4 heteroatoms. The Morgan fingerprint density at radius 3 is 2.36 bits per heavy atom. The molecule has 0 amide bonds. The highest BCUT2D eigenvalue weighted by atomic mass is 14.9. The molecule has 0 unspecified atom stereocenters. The summed E-state index contributed by atoms with van der Waals surface area (Å²) in [6.07, 6.45) is 1.71. The largest absolute Gasteiger partial charge is 0.383 e. The van der Waals surface area contributed by atoms with Crippen molar-refractivity contribution >= 4 is 5.82 Å². The molecule has 3 aromatic rings. The molecule has 4 nitrogen and oxygen atoms in total. The minimum absolute atomic E-state index is 0.236. The van der Waals surface area contributed by atoms with E-state index in [2.05, 4.69) is 16.0 Å². The van der Waals surface area contributed by atoms with Gasteiger partial charge in [-0.2, -0.15) is 5.26 Å². The molecule has 0 aliphatic rings. The number of anilines is 1. The third-order valence-corrected chi connectivity index (χ3v) is 3.50. The van der Waals surface area contributed by atoms with E-state index in [1.807, 2.05) is 55.5 Å². The zero-order valence-corrected chi connectivity index (χ0v) is 12.1. The summed E-state index contributed by atoms with van der Waals surface area (Å²) in [7, 11) is 0. The second-order valence-electron chi connectivity index (χ2n) is 4.90. The van der Waals surface area contributed by atoms with E-state index in [-0.39, 0.29) is 5.82 Å². The first kappa shape index (κ1) is 13.8. The summed E-state index contributed by atoms with van der Waals surface area (Å²) in [5.74, 6) is 0.236. The van der Waals surface area contributed by atoms with Gasteiger partial charge >= 0.3 is 0 Å². The molecule has 3 rings (SSSR count). The van der Waals surface area contributed by atoms with Gasteiger partial charge in [-0.15, -0.1) is 0 Å². The highest BCUT2D eigenvalue weighted by Crippen LogP contribution is 2.37. The van der Waals surface area contributed by atoms with Gasteiger partial charge in [0.2, 0.25) is 0 Å². The Hall–Kier alpha value is -3.19. The van der Waals surface area contributed by atoms with Crippen LogP contribution in [-0.4, -0.2) is 9.97 Å². The fourth-order valence-electron chi connectivity index (χ4n) is 2.56. The average molecular weight is 286 g/mol. The molecular formula is C18H14N4.